The fourth-order valence-corrected chi connectivity index (χ4v) is 1.41. The molecular weight excluding hydrogens is 312 g/mol. The van der Waals surface area contributed by atoms with Gasteiger partial charge in [-0.2, -0.15) is 13.2 Å². The van der Waals surface area contributed by atoms with Gasteiger partial charge in [-0.15, -0.1) is 13.2 Å². The van der Waals surface area contributed by atoms with Crippen molar-refractivity contribution in [3.8, 4) is 11.6 Å². The summed E-state index contributed by atoms with van der Waals surface area (Å²) in [6.45, 7) is 0. The minimum Gasteiger partial charge on any atom is -0.481 e. The normalized spacial score (nSPS) is 12.1. The molecule has 1 aromatic heterocycles. The number of nitrogens with zero attached hydrogens (tertiary/aromatic N) is 1. The van der Waals surface area contributed by atoms with Crippen LogP contribution in [0.5, 0.6) is 11.6 Å². The van der Waals surface area contributed by atoms with Gasteiger partial charge in [0, 0.05) is 6.07 Å². The maximum Gasteiger partial charge on any atom is 0.573 e. The van der Waals surface area contributed by atoms with Crippen molar-refractivity contribution in [3.63, 3.8) is 0 Å². The number of rotatable bonds is 4. The van der Waals surface area contributed by atoms with Crippen molar-refractivity contribution >= 4 is 5.97 Å². The summed E-state index contributed by atoms with van der Waals surface area (Å²) in [7, 11) is 0.749. The summed E-state index contributed by atoms with van der Waals surface area (Å²) in [5.41, 5.74) is -2.46. The number of ether oxygens (including phenoxy) is 2. The molecule has 0 aliphatic heterocycles. The Balaban J connectivity index is 3.48. The lowest BCUT2D eigenvalue weighted by atomic mass is 10.2. The third kappa shape index (κ3) is 4.68. The third-order valence-electron chi connectivity index (χ3n) is 2.04. The molecule has 0 saturated heterocycles. The second-order valence-corrected chi connectivity index (χ2v) is 3.61. The SMILES string of the molecule is COc1nc(CC(=O)O)cc(OC(F)(F)F)c1C(F)(F)F. The largest absolute Gasteiger partial charge is 0.573 e. The van der Waals surface area contributed by atoms with E-state index >= 15 is 0 Å². The number of carboxylic acid groups (broad SMARTS) is 1. The van der Waals surface area contributed by atoms with E-state index in [-0.39, 0.29) is 6.07 Å². The fourth-order valence-electron chi connectivity index (χ4n) is 1.41. The molecule has 5 nitrogen and oxygen atoms in total. The van der Waals surface area contributed by atoms with E-state index in [1.807, 2.05) is 0 Å². The lowest BCUT2D eigenvalue weighted by molar-refractivity contribution is -0.276. The Labute approximate surface area is 113 Å². The molecule has 1 rings (SSSR count). The standard InChI is InChI=1S/C10H7F6NO4/c1-20-8-7(9(11,12)13)5(21-10(14,15)16)2-4(17-8)3-6(18)19/h2H,3H2,1H3,(H,18,19). The summed E-state index contributed by atoms with van der Waals surface area (Å²) < 4.78 is 82.4. The van der Waals surface area contributed by atoms with Crippen LogP contribution in [0.1, 0.15) is 11.3 Å². The maximum absolute atomic E-state index is 12.8. The monoisotopic (exact) mass is 319 g/mol. The van der Waals surface area contributed by atoms with E-state index in [9.17, 15) is 31.1 Å². The van der Waals surface area contributed by atoms with Crippen LogP contribution in [0.2, 0.25) is 0 Å². The van der Waals surface area contributed by atoms with Gasteiger partial charge in [0.05, 0.1) is 19.2 Å². The van der Waals surface area contributed by atoms with E-state index in [1.54, 1.807) is 0 Å². The number of carboxylic acids is 1. The summed E-state index contributed by atoms with van der Waals surface area (Å²) in [6, 6.07) is 0.257. The van der Waals surface area contributed by atoms with Gasteiger partial charge >= 0.3 is 18.5 Å². The smallest absolute Gasteiger partial charge is 0.481 e. The van der Waals surface area contributed by atoms with Gasteiger partial charge in [0.2, 0.25) is 5.88 Å². The van der Waals surface area contributed by atoms with E-state index in [2.05, 4.69) is 14.5 Å². The highest BCUT2D eigenvalue weighted by Crippen LogP contribution is 2.43. The first-order valence-electron chi connectivity index (χ1n) is 5.06. The molecule has 21 heavy (non-hydrogen) atoms. The highest BCUT2D eigenvalue weighted by molar-refractivity contribution is 5.70. The molecule has 0 amide bonds. The van der Waals surface area contributed by atoms with E-state index in [1.165, 1.54) is 0 Å². The van der Waals surface area contributed by atoms with Crippen LogP contribution in [0.4, 0.5) is 26.3 Å². The highest BCUT2D eigenvalue weighted by Gasteiger charge is 2.43. The van der Waals surface area contributed by atoms with E-state index in [4.69, 9.17) is 5.11 Å². The van der Waals surface area contributed by atoms with Crippen LogP contribution in [0.15, 0.2) is 6.07 Å². The predicted molar refractivity (Wildman–Crippen MR) is 53.8 cm³/mol. The van der Waals surface area contributed by atoms with Crippen LogP contribution < -0.4 is 9.47 Å². The van der Waals surface area contributed by atoms with E-state index < -0.39 is 47.8 Å². The number of pyridine rings is 1. The number of hydrogen-bond donors (Lipinski definition) is 1. The molecule has 0 radical (unpaired) electrons. The predicted octanol–water partition coefficient (Wildman–Crippen LogP) is 2.63. The van der Waals surface area contributed by atoms with Crippen molar-refractivity contribution in [3.05, 3.63) is 17.3 Å². The van der Waals surface area contributed by atoms with Gasteiger partial charge in [-0.25, -0.2) is 4.98 Å². The Morgan fingerprint density at radius 2 is 1.86 bits per heavy atom. The Bertz CT molecular complexity index is 540. The first-order valence-corrected chi connectivity index (χ1v) is 5.06. The molecule has 11 heteroatoms. The quantitative estimate of drug-likeness (QED) is 0.864. The van der Waals surface area contributed by atoms with Crippen LogP contribution in [0.25, 0.3) is 0 Å². The fraction of sp³-hybridized carbons (Fsp3) is 0.400. The molecule has 0 fully saturated rings. The number of methoxy groups -OCH3 is 1. The second kappa shape index (κ2) is 5.66. The first-order chi connectivity index (χ1) is 9.44. The van der Waals surface area contributed by atoms with Gasteiger partial charge in [0.1, 0.15) is 5.75 Å². The molecule has 0 aromatic carbocycles. The molecule has 118 valence electrons. The summed E-state index contributed by atoms with van der Waals surface area (Å²) in [5, 5.41) is 8.52. The van der Waals surface area contributed by atoms with Crippen molar-refractivity contribution in [2.75, 3.05) is 7.11 Å². The van der Waals surface area contributed by atoms with Crippen LogP contribution >= 0.6 is 0 Å². The summed E-state index contributed by atoms with van der Waals surface area (Å²) >= 11 is 0. The van der Waals surface area contributed by atoms with Crippen LogP contribution in [0.3, 0.4) is 0 Å². The molecule has 0 bridgehead atoms. The lowest BCUT2D eigenvalue weighted by Gasteiger charge is -2.18. The number of aromatic nitrogens is 1. The molecule has 1 heterocycles. The third-order valence-corrected chi connectivity index (χ3v) is 2.04. The zero-order valence-electron chi connectivity index (χ0n) is 10.2. The number of hydrogen-bond acceptors (Lipinski definition) is 4. The Kier molecular flexibility index (Phi) is 4.54. The molecule has 0 spiro atoms. The molecule has 0 saturated carbocycles. The average Bonchev–Trinajstić information content (AvgIpc) is 2.22. The van der Waals surface area contributed by atoms with E-state index in [0.29, 0.717) is 0 Å². The molecule has 1 N–H and O–H groups in total. The average molecular weight is 319 g/mol. The van der Waals surface area contributed by atoms with E-state index in [0.717, 1.165) is 7.11 Å². The summed E-state index contributed by atoms with van der Waals surface area (Å²) in [6.07, 6.45) is -11.5. The second-order valence-electron chi connectivity index (χ2n) is 3.61. The van der Waals surface area contributed by atoms with Crippen LogP contribution in [-0.4, -0.2) is 29.5 Å². The van der Waals surface area contributed by atoms with Crippen molar-refractivity contribution in [2.24, 2.45) is 0 Å². The molecule has 0 atom stereocenters. The van der Waals surface area contributed by atoms with Crippen molar-refractivity contribution in [2.45, 2.75) is 19.0 Å². The Morgan fingerprint density at radius 3 is 2.24 bits per heavy atom. The molecule has 1 aromatic rings. The van der Waals surface area contributed by atoms with Gasteiger partial charge in [-0.3, -0.25) is 4.79 Å². The maximum atomic E-state index is 12.8. The minimum atomic E-state index is -5.40. The highest BCUT2D eigenvalue weighted by atomic mass is 19.4. The molecular formula is C10H7F6NO4. The van der Waals surface area contributed by atoms with Gasteiger partial charge in [-0.1, -0.05) is 0 Å². The zero-order chi connectivity index (χ0) is 16.4. The topological polar surface area (TPSA) is 68.7 Å². The van der Waals surface area contributed by atoms with Gasteiger partial charge in [0.15, 0.2) is 5.56 Å². The van der Waals surface area contributed by atoms with Gasteiger partial charge in [-0.05, 0) is 0 Å². The van der Waals surface area contributed by atoms with Crippen molar-refractivity contribution < 1.29 is 45.7 Å². The summed E-state index contributed by atoms with van der Waals surface area (Å²) in [4.78, 5) is 13.7. The summed E-state index contributed by atoms with van der Waals surface area (Å²) in [5.74, 6) is -4.33. The molecule has 0 unspecified atom stereocenters. The van der Waals surface area contributed by atoms with Crippen molar-refractivity contribution in [1.29, 1.82) is 0 Å². The lowest BCUT2D eigenvalue weighted by Crippen LogP contribution is -2.21. The zero-order valence-corrected chi connectivity index (χ0v) is 10.2. The van der Waals surface area contributed by atoms with Crippen molar-refractivity contribution in [1.82, 2.24) is 4.98 Å². The number of alkyl halides is 6. The Morgan fingerprint density at radius 1 is 1.29 bits per heavy atom. The molecule has 0 aliphatic carbocycles. The Hall–Kier alpha value is -2.20. The van der Waals surface area contributed by atoms with Crippen LogP contribution in [0, 0.1) is 0 Å². The number of aliphatic carboxylic acids is 1. The molecule has 0 aliphatic rings. The number of carbonyl (C=O) groups is 1. The number of halogens is 6. The minimum absolute atomic E-state index is 0.257. The van der Waals surface area contributed by atoms with Gasteiger partial charge in [0.25, 0.3) is 0 Å². The first kappa shape index (κ1) is 16.9. The van der Waals surface area contributed by atoms with Crippen LogP contribution in [-0.2, 0) is 17.4 Å². The van der Waals surface area contributed by atoms with Gasteiger partial charge < -0.3 is 14.6 Å².